The van der Waals surface area contributed by atoms with E-state index >= 15 is 0 Å². The van der Waals surface area contributed by atoms with Crippen LogP contribution < -0.4 is 14.8 Å². The van der Waals surface area contributed by atoms with Crippen molar-refractivity contribution < 1.29 is 9.47 Å². The van der Waals surface area contributed by atoms with Gasteiger partial charge in [0.2, 0.25) is 0 Å². The lowest BCUT2D eigenvalue weighted by Gasteiger charge is -2.11. The summed E-state index contributed by atoms with van der Waals surface area (Å²) in [6, 6.07) is 11.6. The van der Waals surface area contributed by atoms with Crippen molar-refractivity contribution in [1.29, 1.82) is 0 Å². The predicted molar refractivity (Wildman–Crippen MR) is 82.1 cm³/mol. The fourth-order valence-corrected chi connectivity index (χ4v) is 2.21. The van der Waals surface area contributed by atoms with E-state index in [1.54, 1.807) is 14.2 Å². The van der Waals surface area contributed by atoms with Crippen LogP contribution in [0.25, 0.3) is 5.65 Å². The predicted octanol–water partition coefficient (Wildman–Crippen LogP) is 2.96. The van der Waals surface area contributed by atoms with Crippen molar-refractivity contribution in [2.75, 3.05) is 19.5 Å². The third-order valence-electron chi connectivity index (χ3n) is 3.28. The van der Waals surface area contributed by atoms with Crippen molar-refractivity contribution in [3.63, 3.8) is 0 Å². The quantitative estimate of drug-likeness (QED) is 0.782. The van der Waals surface area contributed by atoms with Crippen LogP contribution in [0.1, 0.15) is 5.69 Å². The Hall–Kier alpha value is -2.69. The minimum atomic E-state index is 0.616. The zero-order chi connectivity index (χ0) is 14.7. The highest BCUT2D eigenvalue weighted by atomic mass is 16.5. The number of nitrogens with one attached hydrogen (secondary N) is 1. The summed E-state index contributed by atoms with van der Waals surface area (Å²) in [6.07, 6.45) is 3.99. The molecule has 0 atom stereocenters. The average molecular weight is 283 g/mol. The highest BCUT2D eigenvalue weighted by Gasteiger charge is 2.06. The number of benzene rings is 1. The van der Waals surface area contributed by atoms with Crippen molar-refractivity contribution in [3.8, 4) is 11.5 Å². The van der Waals surface area contributed by atoms with Crippen molar-refractivity contribution in [2.45, 2.75) is 6.54 Å². The maximum Gasteiger partial charge on any atom is 0.142 e. The monoisotopic (exact) mass is 283 g/mol. The SMILES string of the molecule is COc1ccc(OC)c(NCc2cn3ccccc3n2)c1. The lowest BCUT2D eigenvalue weighted by Crippen LogP contribution is -2.02. The second-order valence-corrected chi connectivity index (χ2v) is 4.62. The molecule has 5 heteroatoms. The fourth-order valence-electron chi connectivity index (χ4n) is 2.21. The third kappa shape index (κ3) is 2.76. The van der Waals surface area contributed by atoms with Crippen molar-refractivity contribution in [3.05, 3.63) is 54.5 Å². The van der Waals surface area contributed by atoms with Gasteiger partial charge in [0.25, 0.3) is 0 Å². The summed E-state index contributed by atoms with van der Waals surface area (Å²) in [5.74, 6) is 1.56. The summed E-state index contributed by atoms with van der Waals surface area (Å²) in [5.41, 5.74) is 2.78. The molecule has 0 saturated carbocycles. The van der Waals surface area contributed by atoms with Gasteiger partial charge < -0.3 is 19.2 Å². The van der Waals surface area contributed by atoms with Gasteiger partial charge in [0.05, 0.1) is 32.1 Å². The van der Waals surface area contributed by atoms with Gasteiger partial charge in [-0.3, -0.25) is 0 Å². The first kappa shape index (κ1) is 13.3. The fraction of sp³-hybridized carbons (Fsp3) is 0.188. The number of imidazole rings is 1. The molecule has 0 bridgehead atoms. The number of ether oxygens (including phenoxy) is 2. The summed E-state index contributed by atoms with van der Waals surface area (Å²) < 4.78 is 12.6. The number of rotatable bonds is 5. The Kier molecular flexibility index (Phi) is 3.64. The second kappa shape index (κ2) is 5.75. The highest BCUT2D eigenvalue weighted by molar-refractivity contribution is 5.60. The van der Waals surface area contributed by atoms with Gasteiger partial charge in [-0.05, 0) is 24.3 Å². The number of anilines is 1. The van der Waals surface area contributed by atoms with Gasteiger partial charge in [-0.2, -0.15) is 0 Å². The zero-order valence-corrected chi connectivity index (χ0v) is 12.0. The largest absolute Gasteiger partial charge is 0.497 e. The van der Waals surface area contributed by atoms with Gasteiger partial charge in [-0.1, -0.05) is 6.07 Å². The molecule has 2 heterocycles. The number of hydrogen-bond donors (Lipinski definition) is 1. The van der Waals surface area contributed by atoms with E-state index in [0.29, 0.717) is 6.54 Å². The summed E-state index contributed by atoms with van der Waals surface area (Å²) in [7, 11) is 3.30. The van der Waals surface area contributed by atoms with E-state index in [9.17, 15) is 0 Å². The molecule has 108 valence electrons. The van der Waals surface area contributed by atoms with E-state index in [4.69, 9.17) is 9.47 Å². The van der Waals surface area contributed by atoms with Crippen LogP contribution >= 0.6 is 0 Å². The number of fused-ring (bicyclic) bond motifs is 1. The maximum atomic E-state index is 5.35. The number of aromatic nitrogens is 2. The van der Waals surface area contributed by atoms with Crippen LogP contribution in [-0.4, -0.2) is 23.6 Å². The smallest absolute Gasteiger partial charge is 0.142 e. The first-order valence-electron chi connectivity index (χ1n) is 6.68. The molecular formula is C16H17N3O2. The molecular weight excluding hydrogens is 266 g/mol. The van der Waals surface area contributed by atoms with Crippen LogP contribution in [0.4, 0.5) is 5.69 Å². The topological polar surface area (TPSA) is 47.8 Å². The van der Waals surface area contributed by atoms with Crippen LogP contribution in [0.15, 0.2) is 48.8 Å². The molecule has 3 rings (SSSR count). The molecule has 5 nitrogen and oxygen atoms in total. The van der Waals surface area contributed by atoms with Gasteiger partial charge in [0.15, 0.2) is 0 Å². The van der Waals surface area contributed by atoms with Gasteiger partial charge in [-0.15, -0.1) is 0 Å². The Morgan fingerprint density at radius 3 is 2.81 bits per heavy atom. The van der Waals surface area contributed by atoms with Crippen LogP contribution in [0.2, 0.25) is 0 Å². The zero-order valence-electron chi connectivity index (χ0n) is 12.0. The molecule has 0 spiro atoms. The number of nitrogens with zero attached hydrogens (tertiary/aromatic N) is 2. The van der Waals surface area contributed by atoms with Gasteiger partial charge in [0.1, 0.15) is 17.1 Å². The molecule has 3 aromatic rings. The number of hydrogen-bond acceptors (Lipinski definition) is 4. The molecule has 0 aliphatic rings. The lowest BCUT2D eigenvalue weighted by atomic mass is 10.2. The molecule has 1 aromatic carbocycles. The Balaban J connectivity index is 1.80. The first-order chi connectivity index (χ1) is 10.3. The van der Waals surface area contributed by atoms with Crippen LogP contribution in [-0.2, 0) is 6.54 Å². The second-order valence-electron chi connectivity index (χ2n) is 4.62. The molecule has 0 radical (unpaired) electrons. The van der Waals surface area contributed by atoms with E-state index in [0.717, 1.165) is 28.5 Å². The van der Waals surface area contributed by atoms with Gasteiger partial charge >= 0.3 is 0 Å². The molecule has 0 aliphatic carbocycles. The molecule has 0 unspecified atom stereocenters. The molecule has 2 aromatic heterocycles. The van der Waals surface area contributed by atoms with Gasteiger partial charge in [-0.25, -0.2) is 4.98 Å². The number of pyridine rings is 1. The minimum absolute atomic E-state index is 0.616. The third-order valence-corrected chi connectivity index (χ3v) is 3.28. The first-order valence-corrected chi connectivity index (χ1v) is 6.68. The van der Waals surface area contributed by atoms with E-state index in [1.165, 1.54) is 0 Å². The Morgan fingerprint density at radius 1 is 1.14 bits per heavy atom. The average Bonchev–Trinajstić information content (AvgIpc) is 2.95. The molecule has 0 saturated heterocycles. The molecule has 0 amide bonds. The summed E-state index contributed by atoms with van der Waals surface area (Å²) in [6.45, 7) is 0.616. The van der Waals surface area contributed by atoms with Crippen LogP contribution in [0.5, 0.6) is 11.5 Å². The van der Waals surface area contributed by atoms with E-state index in [-0.39, 0.29) is 0 Å². The van der Waals surface area contributed by atoms with Crippen molar-refractivity contribution in [1.82, 2.24) is 9.38 Å². The normalized spacial score (nSPS) is 10.6. The Labute approximate surface area is 123 Å². The van der Waals surface area contributed by atoms with E-state index in [2.05, 4.69) is 10.3 Å². The summed E-state index contributed by atoms with van der Waals surface area (Å²) in [4.78, 5) is 4.55. The molecule has 0 fully saturated rings. The standard InChI is InChI=1S/C16H17N3O2/c1-20-13-6-7-15(21-2)14(9-13)17-10-12-11-19-8-4-3-5-16(19)18-12/h3-9,11,17H,10H2,1-2H3. The van der Waals surface area contributed by atoms with Crippen LogP contribution in [0, 0.1) is 0 Å². The molecule has 21 heavy (non-hydrogen) atoms. The minimum Gasteiger partial charge on any atom is -0.497 e. The van der Waals surface area contributed by atoms with E-state index in [1.807, 2.05) is 53.2 Å². The molecule has 0 aliphatic heterocycles. The Bertz CT molecular complexity index is 719. The van der Waals surface area contributed by atoms with Gasteiger partial charge in [0, 0.05) is 18.5 Å². The molecule has 1 N–H and O–H groups in total. The summed E-state index contributed by atoms with van der Waals surface area (Å²) in [5, 5.41) is 3.34. The highest BCUT2D eigenvalue weighted by Crippen LogP contribution is 2.29. The van der Waals surface area contributed by atoms with Crippen molar-refractivity contribution in [2.24, 2.45) is 0 Å². The van der Waals surface area contributed by atoms with Crippen molar-refractivity contribution >= 4 is 11.3 Å². The lowest BCUT2D eigenvalue weighted by molar-refractivity contribution is 0.404. The summed E-state index contributed by atoms with van der Waals surface area (Å²) >= 11 is 0. The van der Waals surface area contributed by atoms with E-state index < -0.39 is 0 Å². The Morgan fingerprint density at radius 2 is 2.05 bits per heavy atom. The maximum absolute atomic E-state index is 5.35. The van der Waals surface area contributed by atoms with Crippen LogP contribution in [0.3, 0.4) is 0 Å². The number of methoxy groups -OCH3 is 2.